The molecule has 3 rings (SSSR count). The van der Waals surface area contributed by atoms with Gasteiger partial charge in [0.15, 0.2) is 0 Å². The lowest BCUT2D eigenvalue weighted by Gasteiger charge is -2.13. The van der Waals surface area contributed by atoms with E-state index in [2.05, 4.69) is 30.0 Å². The molecule has 0 saturated carbocycles. The van der Waals surface area contributed by atoms with Crippen molar-refractivity contribution in [2.24, 2.45) is 8.73 Å². The van der Waals surface area contributed by atoms with E-state index in [1.165, 1.54) is 6.07 Å². The summed E-state index contributed by atoms with van der Waals surface area (Å²) in [6.07, 6.45) is 0. The highest BCUT2D eigenvalue weighted by atomic mass is 79.9. The van der Waals surface area contributed by atoms with Crippen LogP contribution in [0.25, 0.3) is 0 Å². The summed E-state index contributed by atoms with van der Waals surface area (Å²) >= 11 is 16.6. The zero-order valence-corrected chi connectivity index (χ0v) is 14.2. The molecule has 21 heavy (non-hydrogen) atoms. The number of anilines is 1. The molecule has 0 spiro atoms. The van der Waals surface area contributed by atoms with Crippen LogP contribution in [0, 0.1) is 5.82 Å². The van der Waals surface area contributed by atoms with E-state index in [1.807, 2.05) is 6.07 Å². The molecular formula is C13H7BrCl2FN3S. The standard InChI is InChI=1S/C13H7BrCl2FN3S/c14-10-6(2-1-3-9(10)17)5-18-11-7(15)4-8(16)12-13(11)20-21-19-12/h1-4,18H,5H2. The maximum atomic E-state index is 13.5. The first kappa shape index (κ1) is 15.0. The number of nitrogens with one attached hydrogen (secondary N) is 1. The highest BCUT2D eigenvalue weighted by Gasteiger charge is 2.18. The smallest absolute Gasteiger partial charge is 0.137 e. The van der Waals surface area contributed by atoms with Crippen LogP contribution >= 0.6 is 39.1 Å². The van der Waals surface area contributed by atoms with Crippen molar-refractivity contribution < 1.29 is 4.39 Å². The molecule has 0 bridgehead atoms. The van der Waals surface area contributed by atoms with Gasteiger partial charge >= 0.3 is 0 Å². The molecule has 0 aromatic heterocycles. The fourth-order valence-corrected chi connectivity index (χ4v) is 3.49. The lowest BCUT2D eigenvalue weighted by molar-refractivity contribution is 0.618. The predicted molar refractivity (Wildman–Crippen MR) is 89.4 cm³/mol. The molecule has 1 heterocycles. The number of fused-ring (bicyclic) bond motifs is 1. The Hall–Kier alpha value is -0.950. The van der Waals surface area contributed by atoms with Crippen molar-refractivity contribution in [3.63, 3.8) is 0 Å². The SMILES string of the molecule is Fc1cccc(CNc2c(Cl)cc(Cl)c3c2N=S=N3)c1Br. The first-order chi connectivity index (χ1) is 10.1. The van der Waals surface area contributed by atoms with Gasteiger partial charge in [0.2, 0.25) is 0 Å². The summed E-state index contributed by atoms with van der Waals surface area (Å²) in [6.45, 7) is 0.395. The van der Waals surface area contributed by atoms with Crippen molar-refractivity contribution in [1.29, 1.82) is 0 Å². The molecule has 1 N–H and O–H groups in total. The van der Waals surface area contributed by atoms with Crippen LogP contribution < -0.4 is 5.32 Å². The van der Waals surface area contributed by atoms with Gasteiger partial charge in [-0.15, -0.1) is 0 Å². The molecule has 0 aliphatic carbocycles. The zero-order chi connectivity index (χ0) is 15.0. The zero-order valence-electron chi connectivity index (χ0n) is 10.3. The van der Waals surface area contributed by atoms with Crippen LogP contribution in [0.2, 0.25) is 10.0 Å². The lowest BCUT2D eigenvalue weighted by atomic mass is 10.2. The number of nitrogens with zero attached hydrogens (tertiary/aromatic N) is 2. The van der Waals surface area contributed by atoms with Gasteiger partial charge in [-0.25, -0.2) is 4.39 Å². The second kappa shape index (κ2) is 6.04. The molecule has 0 radical (unpaired) electrons. The average molecular weight is 407 g/mol. The highest BCUT2D eigenvalue weighted by Crippen LogP contribution is 2.47. The Morgan fingerprint density at radius 2 is 1.95 bits per heavy atom. The molecule has 0 unspecified atom stereocenters. The van der Waals surface area contributed by atoms with E-state index < -0.39 is 0 Å². The van der Waals surface area contributed by atoms with E-state index in [9.17, 15) is 4.39 Å². The molecule has 0 amide bonds. The minimum absolute atomic E-state index is 0.308. The van der Waals surface area contributed by atoms with E-state index in [0.29, 0.717) is 38.1 Å². The molecule has 0 atom stereocenters. The third kappa shape index (κ3) is 2.85. The van der Waals surface area contributed by atoms with Crippen molar-refractivity contribution in [3.8, 4) is 0 Å². The molecular weight excluding hydrogens is 400 g/mol. The molecule has 1 aliphatic rings. The van der Waals surface area contributed by atoms with Crippen LogP contribution in [0.1, 0.15) is 5.56 Å². The molecule has 2 aromatic carbocycles. The monoisotopic (exact) mass is 405 g/mol. The van der Waals surface area contributed by atoms with Crippen LogP contribution in [0.4, 0.5) is 21.5 Å². The summed E-state index contributed by atoms with van der Waals surface area (Å²) in [5.74, 6) is -0.308. The average Bonchev–Trinajstić information content (AvgIpc) is 2.92. The molecule has 3 nitrogen and oxygen atoms in total. The molecule has 2 aromatic rings. The number of hydrogen-bond donors (Lipinski definition) is 1. The predicted octanol–water partition coefficient (Wildman–Crippen LogP) is 6.23. The Labute approximate surface area is 142 Å². The van der Waals surface area contributed by atoms with E-state index in [0.717, 1.165) is 16.9 Å². The minimum Gasteiger partial charge on any atom is -0.378 e. The Morgan fingerprint density at radius 1 is 1.19 bits per heavy atom. The third-order valence-electron chi connectivity index (χ3n) is 2.93. The van der Waals surface area contributed by atoms with Crippen molar-refractivity contribution >= 4 is 67.5 Å². The quantitative estimate of drug-likeness (QED) is 0.549. The number of halogens is 4. The summed E-state index contributed by atoms with van der Waals surface area (Å²) in [7, 11) is 0. The maximum Gasteiger partial charge on any atom is 0.137 e. The molecule has 0 fully saturated rings. The van der Waals surface area contributed by atoms with Gasteiger partial charge in [0.25, 0.3) is 0 Å². The molecule has 0 saturated heterocycles. The first-order valence-electron chi connectivity index (χ1n) is 5.85. The Morgan fingerprint density at radius 3 is 2.76 bits per heavy atom. The fraction of sp³-hybridized carbons (Fsp3) is 0.0769. The lowest BCUT2D eigenvalue weighted by Crippen LogP contribution is -2.02. The summed E-state index contributed by atoms with van der Waals surface area (Å²) in [4.78, 5) is 0. The molecule has 1 aliphatic heterocycles. The maximum absolute atomic E-state index is 13.5. The van der Waals surface area contributed by atoms with Crippen LogP contribution in [0.3, 0.4) is 0 Å². The van der Waals surface area contributed by atoms with Crippen LogP contribution in [0.15, 0.2) is 37.5 Å². The summed E-state index contributed by atoms with van der Waals surface area (Å²) in [5, 5.41) is 4.08. The van der Waals surface area contributed by atoms with Crippen molar-refractivity contribution in [2.45, 2.75) is 6.54 Å². The number of rotatable bonds is 3. The number of hydrogen-bond acceptors (Lipinski definition) is 3. The van der Waals surface area contributed by atoms with Gasteiger partial charge in [0, 0.05) is 6.54 Å². The molecule has 8 heteroatoms. The van der Waals surface area contributed by atoms with E-state index in [4.69, 9.17) is 23.2 Å². The van der Waals surface area contributed by atoms with Crippen molar-refractivity contribution in [3.05, 3.63) is 50.2 Å². The summed E-state index contributed by atoms with van der Waals surface area (Å²) < 4.78 is 22.3. The van der Waals surface area contributed by atoms with Gasteiger partial charge < -0.3 is 5.32 Å². The van der Waals surface area contributed by atoms with Gasteiger partial charge in [-0.2, -0.15) is 8.73 Å². The van der Waals surface area contributed by atoms with E-state index in [-0.39, 0.29) is 5.82 Å². The van der Waals surface area contributed by atoms with Gasteiger partial charge in [-0.1, -0.05) is 35.3 Å². The van der Waals surface area contributed by atoms with Gasteiger partial charge in [-0.3, -0.25) is 0 Å². The largest absolute Gasteiger partial charge is 0.378 e. The Balaban J connectivity index is 1.92. The third-order valence-corrected chi connectivity index (χ3v) is 4.93. The normalized spacial score (nSPS) is 12.2. The first-order valence-corrected chi connectivity index (χ1v) is 8.13. The van der Waals surface area contributed by atoms with Crippen LogP contribution in [-0.2, 0) is 17.9 Å². The topological polar surface area (TPSA) is 36.8 Å². The fourth-order valence-electron chi connectivity index (χ4n) is 1.91. The van der Waals surface area contributed by atoms with E-state index >= 15 is 0 Å². The van der Waals surface area contributed by atoms with Gasteiger partial charge in [0.05, 0.1) is 31.6 Å². The van der Waals surface area contributed by atoms with Crippen molar-refractivity contribution in [1.82, 2.24) is 0 Å². The minimum atomic E-state index is -0.308. The van der Waals surface area contributed by atoms with Crippen LogP contribution in [-0.4, -0.2) is 0 Å². The summed E-state index contributed by atoms with van der Waals surface area (Å²) in [6, 6.07) is 6.49. The van der Waals surface area contributed by atoms with Crippen molar-refractivity contribution in [2.75, 3.05) is 5.32 Å². The summed E-state index contributed by atoms with van der Waals surface area (Å²) in [5.41, 5.74) is 2.63. The van der Waals surface area contributed by atoms with Crippen LogP contribution in [0.5, 0.6) is 0 Å². The Bertz CT molecular complexity index is 806. The van der Waals surface area contributed by atoms with E-state index in [1.54, 1.807) is 12.1 Å². The number of benzene rings is 2. The van der Waals surface area contributed by atoms with Gasteiger partial charge in [0.1, 0.15) is 17.2 Å². The second-order valence-corrected chi connectivity index (χ2v) is 6.38. The molecule has 108 valence electrons. The highest BCUT2D eigenvalue weighted by molar-refractivity contribution is 9.10. The van der Waals surface area contributed by atoms with Gasteiger partial charge in [-0.05, 0) is 33.6 Å². The second-order valence-electron chi connectivity index (χ2n) is 4.24. The Kier molecular flexibility index (Phi) is 4.31.